The second-order valence-corrected chi connectivity index (χ2v) is 7.59. The summed E-state index contributed by atoms with van der Waals surface area (Å²) in [6.45, 7) is 6.54. The summed E-state index contributed by atoms with van der Waals surface area (Å²) in [6, 6.07) is 10.3. The summed E-state index contributed by atoms with van der Waals surface area (Å²) in [6.07, 6.45) is 0. The molecule has 0 unspecified atom stereocenters. The zero-order chi connectivity index (χ0) is 20.3. The Balaban J connectivity index is 1.51. The number of amides is 1. The molecule has 148 valence electrons. The lowest BCUT2D eigenvalue weighted by molar-refractivity contribution is -0.384. The molecule has 0 saturated carbocycles. The molecule has 0 atom stereocenters. The molecule has 1 aliphatic heterocycles. The van der Waals surface area contributed by atoms with Crippen molar-refractivity contribution >= 4 is 33.2 Å². The number of benzene rings is 2. The van der Waals surface area contributed by atoms with Crippen molar-refractivity contribution in [3.8, 4) is 5.75 Å². The standard InChI is InChI=1S/C20H22BrN3O4/c1-14-11-18(12-15(2)20(14)21)28-13-19(25)23-9-7-22(8-10-23)16-3-5-17(6-4-16)24(26)27/h3-6,11-12H,7-10,13H2,1-2H3. The first-order chi connectivity index (χ1) is 13.3. The Labute approximate surface area is 172 Å². The molecule has 3 rings (SSSR count). The fourth-order valence-electron chi connectivity index (χ4n) is 3.23. The average molecular weight is 448 g/mol. The molecule has 0 aliphatic carbocycles. The van der Waals surface area contributed by atoms with Gasteiger partial charge in [-0.15, -0.1) is 0 Å². The number of nitro benzene ring substituents is 1. The largest absolute Gasteiger partial charge is 0.484 e. The Bertz CT molecular complexity index is 855. The number of ether oxygens (including phenoxy) is 1. The van der Waals surface area contributed by atoms with Crippen LogP contribution in [0.15, 0.2) is 40.9 Å². The number of rotatable bonds is 5. The molecule has 1 saturated heterocycles. The fraction of sp³-hybridized carbons (Fsp3) is 0.350. The molecule has 28 heavy (non-hydrogen) atoms. The number of nitrogens with zero attached hydrogens (tertiary/aromatic N) is 3. The monoisotopic (exact) mass is 447 g/mol. The predicted molar refractivity (Wildman–Crippen MR) is 111 cm³/mol. The molecule has 1 fully saturated rings. The molecule has 1 heterocycles. The molecule has 0 spiro atoms. The Morgan fingerprint density at radius 1 is 1.11 bits per heavy atom. The molecule has 1 amide bonds. The Kier molecular flexibility index (Phi) is 6.18. The number of hydrogen-bond acceptors (Lipinski definition) is 5. The molecular formula is C20H22BrN3O4. The molecule has 8 heteroatoms. The molecular weight excluding hydrogens is 426 g/mol. The zero-order valence-electron chi connectivity index (χ0n) is 15.9. The van der Waals surface area contributed by atoms with Crippen molar-refractivity contribution in [2.75, 3.05) is 37.7 Å². The van der Waals surface area contributed by atoms with E-state index in [4.69, 9.17) is 4.74 Å². The van der Waals surface area contributed by atoms with Crippen LogP contribution in [0.5, 0.6) is 5.75 Å². The van der Waals surface area contributed by atoms with Gasteiger partial charge in [0.25, 0.3) is 11.6 Å². The van der Waals surface area contributed by atoms with Gasteiger partial charge in [0.05, 0.1) is 4.92 Å². The van der Waals surface area contributed by atoms with E-state index in [-0.39, 0.29) is 18.2 Å². The highest BCUT2D eigenvalue weighted by molar-refractivity contribution is 9.10. The van der Waals surface area contributed by atoms with Crippen LogP contribution in [0, 0.1) is 24.0 Å². The Morgan fingerprint density at radius 2 is 1.68 bits per heavy atom. The maximum Gasteiger partial charge on any atom is 0.269 e. The molecule has 0 N–H and O–H groups in total. The number of aryl methyl sites for hydroxylation is 2. The number of hydrogen-bond donors (Lipinski definition) is 0. The SMILES string of the molecule is Cc1cc(OCC(=O)N2CCN(c3ccc([N+](=O)[O-])cc3)CC2)cc(C)c1Br. The van der Waals surface area contributed by atoms with Gasteiger partial charge in [0.2, 0.25) is 0 Å². The minimum absolute atomic E-state index is 0.0119. The van der Waals surface area contributed by atoms with Crippen molar-refractivity contribution in [1.29, 1.82) is 0 Å². The van der Waals surface area contributed by atoms with Crippen molar-refractivity contribution < 1.29 is 14.5 Å². The van der Waals surface area contributed by atoms with Gasteiger partial charge in [-0.3, -0.25) is 14.9 Å². The van der Waals surface area contributed by atoms with E-state index in [9.17, 15) is 14.9 Å². The number of nitro groups is 1. The second-order valence-electron chi connectivity index (χ2n) is 6.80. The van der Waals surface area contributed by atoms with E-state index < -0.39 is 4.92 Å². The summed E-state index contributed by atoms with van der Waals surface area (Å²) in [5.74, 6) is 0.651. The van der Waals surface area contributed by atoms with E-state index in [2.05, 4.69) is 20.8 Å². The molecule has 7 nitrogen and oxygen atoms in total. The molecule has 0 aromatic heterocycles. The molecule has 0 radical (unpaired) electrons. The smallest absolute Gasteiger partial charge is 0.269 e. The highest BCUT2D eigenvalue weighted by atomic mass is 79.9. The fourth-order valence-corrected chi connectivity index (χ4v) is 3.45. The van der Waals surface area contributed by atoms with E-state index in [0.29, 0.717) is 31.9 Å². The van der Waals surface area contributed by atoms with E-state index in [1.54, 1.807) is 17.0 Å². The zero-order valence-corrected chi connectivity index (χ0v) is 17.4. The van der Waals surface area contributed by atoms with Crippen LogP contribution in [0.2, 0.25) is 0 Å². The third kappa shape index (κ3) is 4.62. The molecule has 2 aromatic rings. The number of halogens is 1. The summed E-state index contributed by atoms with van der Waals surface area (Å²) >= 11 is 3.52. The third-order valence-corrected chi connectivity index (χ3v) is 6.08. The van der Waals surface area contributed by atoms with Crippen LogP contribution < -0.4 is 9.64 Å². The van der Waals surface area contributed by atoms with Crippen LogP contribution in [0.3, 0.4) is 0 Å². The van der Waals surface area contributed by atoms with Gasteiger partial charge in [0, 0.05) is 48.5 Å². The van der Waals surface area contributed by atoms with Crippen LogP contribution in [0.4, 0.5) is 11.4 Å². The van der Waals surface area contributed by atoms with Gasteiger partial charge >= 0.3 is 0 Å². The van der Waals surface area contributed by atoms with Crippen molar-refractivity contribution in [2.24, 2.45) is 0 Å². The van der Waals surface area contributed by atoms with Gasteiger partial charge in [-0.1, -0.05) is 15.9 Å². The quantitative estimate of drug-likeness (QED) is 0.515. The highest BCUT2D eigenvalue weighted by Gasteiger charge is 2.22. The summed E-state index contributed by atoms with van der Waals surface area (Å²) in [5.41, 5.74) is 3.14. The van der Waals surface area contributed by atoms with E-state index in [0.717, 1.165) is 21.3 Å². The minimum Gasteiger partial charge on any atom is -0.484 e. The first kappa shape index (κ1) is 20.1. The van der Waals surface area contributed by atoms with E-state index in [1.165, 1.54) is 12.1 Å². The Morgan fingerprint density at radius 3 is 2.21 bits per heavy atom. The number of carbonyl (C=O) groups excluding carboxylic acids is 1. The lowest BCUT2D eigenvalue weighted by Gasteiger charge is -2.36. The average Bonchev–Trinajstić information content (AvgIpc) is 2.70. The first-order valence-corrected chi connectivity index (χ1v) is 9.81. The second kappa shape index (κ2) is 8.60. The van der Waals surface area contributed by atoms with Gasteiger partial charge in [-0.25, -0.2) is 0 Å². The highest BCUT2D eigenvalue weighted by Crippen LogP contribution is 2.26. The van der Waals surface area contributed by atoms with Crippen LogP contribution in [-0.4, -0.2) is 48.5 Å². The minimum atomic E-state index is -0.408. The van der Waals surface area contributed by atoms with Crippen molar-refractivity contribution in [3.63, 3.8) is 0 Å². The van der Waals surface area contributed by atoms with Crippen LogP contribution >= 0.6 is 15.9 Å². The van der Waals surface area contributed by atoms with Crippen LogP contribution in [0.1, 0.15) is 11.1 Å². The van der Waals surface area contributed by atoms with Gasteiger partial charge in [-0.05, 0) is 49.2 Å². The molecule has 2 aromatic carbocycles. The lowest BCUT2D eigenvalue weighted by atomic mass is 10.1. The summed E-state index contributed by atoms with van der Waals surface area (Å²) in [4.78, 5) is 26.7. The van der Waals surface area contributed by atoms with Crippen LogP contribution in [0.25, 0.3) is 0 Å². The van der Waals surface area contributed by atoms with Crippen LogP contribution in [-0.2, 0) is 4.79 Å². The van der Waals surface area contributed by atoms with Gasteiger partial charge in [-0.2, -0.15) is 0 Å². The molecule has 0 bridgehead atoms. The topological polar surface area (TPSA) is 75.9 Å². The normalized spacial score (nSPS) is 14.1. The summed E-state index contributed by atoms with van der Waals surface area (Å²) in [7, 11) is 0. The van der Waals surface area contributed by atoms with Crippen molar-refractivity contribution in [2.45, 2.75) is 13.8 Å². The van der Waals surface area contributed by atoms with E-state index in [1.807, 2.05) is 26.0 Å². The molecule has 1 aliphatic rings. The lowest BCUT2D eigenvalue weighted by Crippen LogP contribution is -2.50. The van der Waals surface area contributed by atoms with Crippen molar-refractivity contribution in [3.05, 3.63) is 62.1 Å². The van der Waals surface area contributed by atoms with Crippen molar-refractivity contribution in [1.82, 2.24) is 4.90 Å². The number of piperazine rings is 1. The van der Waals surface area contributed by atoms with Gasteiger partial charge in [0.15, 0.2) is 6.61 Å². The number of anilines is 1. The van der Waals surface area contributed by atoms with Gasteiger partial charge < -0.3 is 14.5 Å². The Hall–Kier alpha value is -2.61. The van der Waals surface area contributed by atoms with E-state index >= 15 is 0 Å². The number of non-ortho nitro benzene ring substituents is 1. The predicted octanol–water partition coefficient (Wildman–Crippen LogP) is 3.70. The maximum atomic E-state index is 12.5. The summed E-state index contributed by atoms with van der Waals surface area (Å²) in [5, 5.41) is 10.8. The first-order valence-electron chi connectivity index (χ1n) is 9.02. The third-order valence-electron chi connectivity index (χ3n) is 4.83. The van der Waals surface area contributed by atoms with Gasteiger partial charge in [0.1, 0.15) is 5.75 Å². The summed E-state index contributed by atoms with van der Waals surface area (Å²) < 4.78 is 6.74. The maximum absolute atomic E-state index is 12.5. The number of carbonyl (C=O) groups is 1.